The molecule has 0 radical (unpaired) electrons. The Balaban J connectivity index is 2.16. The molecule has 0 spiro atoms. The van der Waals surface area contributed by atoms with Crippen molar-refractivity contribution < 1.29 is 22.7 Å². The predicted molar refractivity (Wildman–Crippen MR) is 81.6 cm³/mol. The van der Waals surface area contributed by atoms with E-state index in [1.165, 1.54) is 25.3 Å². The third-order valence-electron chi connectivity index (χ3n) is 2.97. The van der Waals surface area contributed by atoms with E-state index in [0.29, 0.717) is 11.5 Å². The number of sulfonamides is 1. The molecule has 0 saturated heterocycles. The van der Waals surface area contributed by atoms with Gasteiger partial charge in [-0.2, -0.15) is 0 Å². The lowest BCUT2D eigenvalue weighted by atomic mass is 10.3. The van der Waals surface area contributed by atoms with E-state index >= 15 is 0 Å². The minimum absolute atomic E-state index is 0.0923. The van der Waals surface area contributed by atoms with Crippen molar-refractivity contribution in [2.45, 2.75) is 17.9 Å². The van der Waals surface area contributed by atoms with Gasteiger partial charge in [-0.15, -0.1) is 0 Å². The number of nitrogens with one attached hydrogen (secondary N) is 1. The molecule has 0 saturated carbocycles. The number of hydrogen-bond acceptors (Lipinski definition) is 5. The van der Waals surface area contributed by atoms with Gasteiger partial charge in [-0.25, -0.2) is 13.1 Å². The molecule has 2 N–H and O–H groups in total. The fourth-order valence-electron chi connectivity index (χ4n) is 1.86. The summed E-state index contributed by atoms with van der Waals surface area (Å²) >= 11 is 5.83. The normalized spacial score (nSPS) is 13.1. The van der Waals surface area contributed by atoms with Gasteiger partial charge in [0.2, 0.25) is 10.0 Å². The second kappa shape index (κ2) is 6.70. The number of halogens is 1. The summed E-state index contributed by atoms with van der Waals surface area (Å²) in [7, 11) is -2.52. The zero-order valence-corrected chi connectivity index (χ0v) is 13.6. The van der Waals surface area contributed by atoms with Crippen LogP contribution in [0.5, 0.6) is 5.75 Å². The molecule has 120 valence electrons. The number of benzene rings is 1. The van der Waals surface area contributed by atoms with E-state index < -0.39 is 16.1 Å². The Morgan fingerprint density at radius 1 is 1.36 bits per heavy atom. The molecule has 0 aliphatic carbocycles. The fourth-order valence-corrected chi connectivity index (χ4v) is 3.33. The lowest BCUT2D eigenvalue weighted by Gasteiger charge is -2.13. The van der Waals surface area contributed by atoms with E-state index in [9.17, 15) is 13.5 Å². The Bertz CT molecular complexity index is 756. The van der Waals surface area contributed by atoms with Gasteiger partial charge in [-0.05, 0) is 37.3 Å². The maximum absolute atomic E-state index is 12.3. The molecule has 1 aromatic carbocycles. The van der Waals surface area contributed by atoms with Crippen LogP contribution < -0.4 is 9.46 Å². The average molecular weight is 346 g/mol. The minimum Gasteiger partial charge on any atom is -0.495 e. The highest BCUT2D eigenvalue weighted by Gasteiger charge is 2.22. The van der Waals surface area contributed by atoms with Crippen molar-refractivity contribution in [3.05, 3.63) is 46.9 Å². The molecule has 0 bridgehead atoms. The molecule has 1 unspecified atom stereocenters. The van der Waals surface area contributed by atoms with Crippen LogP contribution in [0.15, 0.2) is 39.6 Å². The number of aryl methyl sites for hydroxylation is 1. The van der Waals surface area contributed by atoms with Gasteiger partial charge in [-0.3, -0.25) is 0 Å². The van der Waals surface area contributed by atoms with Gasteiger partial charge in [0.25, 0.3) is 0 Å². The molecule has 0 fully saturated rings. The first kappa shape index (κ1) is 16.8. The van der Waals surface area contributed by atoms with Crippen molar-refractivity contribution in [1.82, 2.24) is 4.72 Å². The highest BCUT2D eigenvalue weighted by atomic mass is 35.5. The lowest BCUT2D eigenvalue weighted by Crippen LogP contribution is -2.28. The molecule has 1 aromatic heterocycles. The van der Waals surface area contributed by atoms with E-state index in [1.54, 1.807) is 19.1 Å². The SMILES string of the molecule is COc1ccc(Cl)cc1S(=O)(=O)NCC(O)c1ccc(C)o1. The second-order valence-electron chi connectivity index (χ2n) is 4.61. The highest BCUT2D eigenvalue weighted by Crippen LogP contribution is 2.27. The van der Waals surface area contributed by atoms with Crippen LogP contribution in [-0.2, 0) is 10.0 Å². The van der Waals surface area contributed by atoms with Crippen LogP contribution in [0.3, 0.4) is 0 Å². The van der Waals surface area contributed by atoms with Crippen LogP contribution in [0.4, 0.5) is 0 Å². The summed E-state index contributed by atoms with van der Waals surface area (Å²) in [6.07, 6.45) is -1.09. The maximum Gasteiger partial charge on any atom is 0.244 e. The van der Waals surface area contributed by atoms with Crippen molar-refractivity contribution in [2.24, 2.45) is 0 Å². The zero-order valence-electron chi connectivity index (χ0n) is 12.0. The smallest absolute Gasteiger partial charge is 0.244 e. The molecule has 1 atom stereocenters. The Labute approximate surface area is 133 Å². The van der Waals surface area contributed by atoms with Gasteiger partial charge in [0.15, 0.2) is 0 Å². The van der Waals surface area contributed by atoms with E-state index in [-0.39, 0.29) is 22.2 Å². The molecule has 0 aliphatic heterocycles. The Morgan fingerprint density at radius 3 is 2.68 bits per heavy atom. The lowest BCUT2D eigenvalue weighted by molar-refractivity contribution is 0.152. The topological polar surface area (TPSA) is 88.8 Å². The first-order valence-corrected chi connectivity index (χ1v) is 8.27. The molecule has 8 heteroatoms. The highest BCUT2D eigenvalue weighted by molar-refractivity contribution is 7.89. The number of aliphatic hydroxyl groups excluding tert-OH is 1. The number of aliphatic hydroxyl groups is 1. The monoisotopic (exact) mass is 345 g/mol. The van der Waals surface area contributed by atoms with Crippen LogP contribution in [-0.4, -0.2) is 27.2 Å². The molecule has 0 aliphatic rings. The molecule has 6 nitrogen and oxygen atoms in total. The number of furan rings is 1. The summed E-state index contributed by atoms with van der Waals surface area (Å²) in [6.45, 7) is 1.50. The van der Waals surface area contributed by atoms with Crippen LogP contribution in [0.25, 0.3) is 0 Å². The summed E-state index contributed by atoms with van der Waals surface area (Å²) in [4.78, 5) is -0.0923. The van der Waals surface area contributed by atoms with Gasteiger partial charge in [-0.1, -0.05) is 11.6 Å². The molecule has 0 amide bonds. The van der Waals surface area contributed by atoms with Crippen molar-refractivity contribution in [3.8, 4) is 5.75 Å². The largest absolute Gasteiger partial charge is 0.495 e. The van der Waals surface area contributed by atoms with Crippen molar-refractivity contribution in [2.75, 3.05) is 13.7 Å². The van der Waals surface area contributed by atoms with Gasteiger partial charge in [0.05, 0.1) is 7.11 Å². The molecule has 22 heavy (non-hydrogen) atoms. The zero-order chi connectivity index (χ0) is 16.3. The molecule has 2 rings (SSSR count). The van der Waals surface area contributed by atoms with Gasteiger partial charge >= 0.3 is 0 Å². The molecule has 2 aromatic rings. The number of hydrogen-bond donors (Lipinski definition) is 2. The Kier molecular flexibility index (Phi) is 5.12. The van der Waals surface area contributed by atoms with Crippen molar-refractivity contribution in [3.63, 3.8) is 0 Å². The first-order chi connectivity index (χ1) is 10.3. The fraction of sp³-hybridized carbons (Fsp3) is 0.286. The molecule has 1 heterocycles. The Hall–Kier alpha value is -1.54. The van der Waals surface area contributed by atoms with Gasteiger partial charge in [0.1, 0.15) is 28.3 Å². The van der Waals surface area contributed by atoms with Gasteiger partial charge in [0, 0.05) is 11.6 Å². The van der Waals surface area contributed by atoms with E-state index in [4.69, 9.17) is 20.8 Å². The maximum atomic E-state index is 12.3. The summed E-state index contributed by atoms with van der Waals surface area (Å²) < 4.78 is 37.2. The predicted octanol–water partition coefficient (Wildman–Crippen LogP) is 2.26. The second-order valence-corrected chi connectivity index (χ2v) is 6.78. The third-order valence-corrected chi connectivity index (χ3v) is 4.65. The van der Waals surface area contributed by atoms with E-state index in [1.807, 2.05) is 0 Å². The van der Waals surface area contributed by atoms with Crippen LogP contribution in [0.1, 0.15) is 17.6 Å². The summed E-state index contributed by atoms with van der Waals surface area (Å²) in [6, 6.07) is 7.55. The first-order valence-electron chi connectivity index (χ1n) is 6.41. The quantitative estimate of drug-likeness (QED) is 0.838. The minimum atomic E-state index is -3.88. The third kappa shape index (κ3) is 3.80. The standard InChI is InChI=1S/C14H16ClNO5S/c1-9-3-5-12(21-9)11(17)8-16-22(18,19)14-7-10(15)4-6-13(14)20-2/h3-7,11,16-17H,8H2,1-2H3. The van der Waals surface area contributed by atoms with Crippen molar-refractivity contribution >= 4 is 21.6 Å². The summed E-state index contributed by atoms with van der Waals surface area (Å²) in [5.74, 6) is 1.09. The Morgan fingerprint density at radius 2 is 2.09 bits per heavy atom. The summed E-state index contributed by atoms with van der Waals surface area (Å²) in [5, 5.41) is 10.2. The van der Waals surface area contributed by atoms with Crippen LogP contribution >= 0.6 is 11.6 Å². The summed E-state index contributed by atoms with van der Waals surface area (Å²) in [5.41, 5.74) is 0. The molecular formula is C14H16ClNO5S. The van der Waals surface area contributed by atoms with Crippen LogP contribution in [0.2, 0.25) is 5.02 Å². The van der Waals surface area contributed by atoms with Crippen LogP contribution in [0, 0.1) is 6.92 Å². The molecular weight excluding hydrogens is 330 g/mol. The number of methoxy groups -OCH3 is 1. The number of rotatable bonds is 6. The number of ether oxygens (including phenoxy) is 1. The average Bonchev–Trinajstić information content (AvgIpc) is 2.91. The van der Waals surface area contributed by atoms with E-state index in [2.05, 4.69) is 4.72 Å². The van der Waals surface area contributed by atoms with Crippen molar-refractivity contribution in [1.29, 1.82) is 0 Å². The van der Waals surface area contributed by atoms with Gasteiger partial charge < -0.3 is 14.3 Å². The van der Waals surface area contributed by atoms with E-state index in [0.717, 1.165) is 0 Å².